The molecular weight excluding hydrogens is 446 g/mol. The third kappa shape index (κ3) is 2.56. The Labute approximate surface area is 181 Å². The molecule has 2 aromatic carbocycles. The van der Waals surface area contributed by atoms with Crippen LogP contribution in [0.1, 0.15) is 16.8 Å². The first kappa shape index (κ1) is 18.1. The molecule has 1 aliphatic heterocycles. The highest BCUT2D eigenvalue weighted by atomic mass is 79.9. The molecule has 6 heteroatoms. The summed E-state index contributed by atoms with van der Waals surface area (Å²) in [6.07, 6.45) is 5.47. The van der Waals surface area contributed by atoms with E-state index in [9.17, 15) is 14.4 Å². The van der Waals surface area contributed by atoms with Gasteiger partial charge in [-0.15, -0.1) is 0 Å². The van der Waals surface area contributed by atoms with E-state index in [0.717, 1.165) is 10.9 Å². The summed E-state index contributed by atoms with van der Waals surface area (Å²) in [7, 11) is 0. The van der Waals surface area contributed by atoms with Gasteiger partial charge in [-0.05, 0) is 78.6 Å². The Balaban J connectivity index is 1.23. The van der Waals surface area contributed by atoms with Crippen LogP contribution in [0.2, 0.25) is 0 Å². The summed E-state index contributed by atoms with van der Waals surface area (Å²) in [4.78, 5) is 40.1. The van der Waals surface area contributed by atoms with E-state index >= 15 is 0 Å². The van der Waals surface area contributed by atoms with E-state index in [1.54, 1.807) is 48.5 Å². The molecule has 0 spiro atoms. The third-order valence-electron chi connectivity index (χ3n) is 7.05. The van der Waals surface area contributed by atoms with Crippen LogP contribution in [-0.2, 0) is 9.59 Å². The van der Waals surface area contributed by atoms with Gasteiger partial charge in [-0.25, -0.2) is 4.79 Å². The maximum absolute atomic E-state index is 13.2. The minimum absolute atomic E-state index is 0.0973. The van der Waals surface area contributed by atoms with Gasteiger partial charge in [0.1, 0.15) is 5.75 Å². The Bertz CT molecular complexity index is 1070. The predicted octanol–water partition coefficient (Wildman–Crippen LogP) is 4.23. The number of ether oxygens (including phenoxy) is 1. The number of carbonyl (C=O) groups excluding carboxylic acids is 3. The number of halogens is 1. The average Bonchev–Trinajstić information content (AvgIpc) is 3.53. The SMILES string of the molecule is O=C(Oc1ccc(Br)cc1)c1ccc(N2C(=O)[C@@H]3[C@H]4C=C[C@@H]([C@@H]5C[C@H]45)[C@H]3C2=O)cc1. The Morgan fingerprint density at radius 2 is 1.43 bits per heavy atom. The van der Waals surface area contributed by atoms with E-state index < -0.39 is 5.97 Å². The van der Waals surface area contributed by atoms with Gasteiger partial charge < -0.3 is 4.74 Å². The first-order valence-corrected chi connectivity index (χ1v) is 11.0. The van der Waals surface area contributed by atoms with Crippen LogP contribution in [-0.4, -0.2) is 17.8 Å². The average molecular weight is 464 g/mol. The molecule has 150 valence electrons. The molecule has 30 heavy (non-hydrogen) atoms. The predicted molar refractivity (Wildman–Crippen MR) is 113 cm³/mol. The molecule has 1 heterocycles. The van der Waals surface area contributed by atoms with E-state index in [0.29, 0.717) is 28.8 Å². The minimum Gasteiger partial charge on any atom is -0.423 e. The second kappa shape index (κ2) is 6.38. The zero-order chi connectivity index (χ0) is 20.6. The fraction of sp³-hybridized carbons (Fsp3) is 0.292. The van der Waals surface area contributed by atoms with Crippen molar-refractivity contribution in [2.24, 2.45) is 35.5 Å². The van der Waals surface area contributed by atoms with Crippen molar-refractivity contribution in [3.63, 3.8) is 0 Å². The van der Waals surface area contributed by atoms with E-state index in [2.05, 4.69) is 28.1 Å². The molecule has 3 fully saturated rings. The molecule has 0 unspecified atom stereocenters. The van der Waals surface area contributed by atoms with Crippen LogP contribution < -0.4 is 9.64 Å². The molecule has 4 aliphatic carbocycles. The van der Waals surface area contributed by atoms with Gasteiger partial charge >= 0.3 is 5.97 Å². The van der Waals surface area contributed by atoms with Gasteiger partial charge in [-0.1, -0.05) is 28.1 Å². The highest BCUT2D eigenvalue weighted by molar-refractivity contribution is 9.10. The summed E-state index contributed by atoms with van der Waals surface area (Å²) in [6, 6.07) is 13.5. The molecular formula is C24H18BrNO4. The number of rotatable bonds is 3. The van der Waals surface area contributed by atoms with Crippen molar-refractivity contribution in [1.82, 2.24) is 0 Å². The normalized spacial score (nSPS) is 32.8. The highest BCUT2D eigenvalue weighted by Crippen LogP contribution is 2.65. The number of carbonyl (C=O) groups is 3. The smallest absolute Gasteiger partial charge is 0.343 e. The van der Waals surface area contributed by atoms with Crippen molar-refractivity contribution in [2.75, 3.05) is 4.90 Å². The standard InChI is InChI=1S/C24H18BrNO4/c25-13-3-7-15(8-4-13)30-24(29)12-1-5-14(6-2-12)26-22(27)20-16-9-10-17(19-11-18(16)19)21(20)23(26)28/h1-10,16-21H,11H2/t16-,17-,18-,19+,20+,21+/m0/s1. The van der Waals surface area contributed by atoms with Crippen LogP contribution in [0, 0.1) is 35.5 Å². The van der Waals surface area contributed by atoms with Crippen molar-refractivity contribution in [3.05, 3.63) is 70.7 Å². The largest absolute Gasteiger partial charge is 0.423 e. The number of nitrogens with zero attached hydrogens (tertiary/aromatic N) is 1. The van der Waals surface area contributed by atoms with Crippen LogP contribution in [0.15, 0.2) is 65.2 Å². The summed E-state index contributed by atoms with van der Waals surface area (Å²) in [5.41, 5.74) is 0.883. The summed E-state index contributed by atoms with van der Waals surface area (Å²) in [6.45, 7) is 0. The molecule has 6 atom stereocenters. The van der Waals surface area contributed by atoms with Gasteiger partial charge in [-0.2, -0.15) is 0 Å². The van der Waals surface area contributed by atoms with Gasteiger partial charge in [-0.3, -0.25) is 14.5 Å². The summed E-state index contributed by atoms with van der Waals surface area (Å²) in [5, 5.41) is 0. The second-order valence-electron chi connectivity index (χ2n) is 8.56. The molecule has 2 bridgehead atoms. The van der Waals surface area contributed by atoms with Crippen molar-refractivity contribution in [3.8, 4) is 5.75 Å². The molecule has 5 nitrogen and oxygen atoms in total. The zero-order valence-electron chi connectivity index (χ0n) is 15.9. The van der Waals surface area contributed by atoms with E-state index in [1.807, 2.05) is 0 Å². The van der Waals surface area contributed by atoms with Gasteiger partial charge in [0.15, 0.2) is 0 Å². The molecule has 0 radical (unpaired) electrons. The molecule has 7 rings (SSSR count). The molecule has 2 saturated carbocycles. The topological polar surface area (TPSA) is 63.7 Å². The van der Waals surface area contributed by atoms with Crippen molar-refractivity contribution >= 4 is 39.4 Å². The maximum Gasteiger partial charge on any atom is 0.343 e. The van der Waals surface area contributed by atoms with Crippen molar-refractivity contribution < 1.29 is 19.1 Å². The van der Waals surface area contributed by atoms with Gasteiger partial charge in [0.25, 0.3) is 0 Å². The molecule has 5 aliphatic rings. The zero-order valence-corrected chi connectivity index (χ0v) is 17.5. The summed E-state index contributed by atoms with van der Waals surface area (Å²) < 4.78 is 6.27. The lowest BCUT2D eigenvalue weighted by atomic mass is 9.63. The van der Waals surface area contributed by atoms with Gasteiger partial charge in [0.05, 0.1) is 23.1 Å². The molecule has 2 aromatic rings. The first-order valence-electron chi connectivity index (χ1n) is 10.2. The number of anilines is 1. The Morgan fingerprint density at radius 1 is 0.867 bits per heavy atom. The van der Waals surface area contributed by atoms with Gasteiger partial charge in [0, 0.05) is 4.47 Å². The lowest BCUT2D eigenvalue weighted by Crippen LogP contribution is -2.40. The van der Waals surface area contributed by atoms with E-state index in [4.69, 9.17) is 4.74 Å². The molecule has 2 amide bonds. The van der Waals surface area contributed by atoms with E-state index in [-0.39, 0.29) is 35.5 Å². The molecule has 1 saturated heterocycles. The number of allylic oxidation sites excluding steroid dienone is 2. The number of esters is 1. The van der Waals surface area contributed by atoms with Gasteiger partial charge in [0.2, 0.25) is 11.8 Å². The number of amides is 2. The summed E-state index contributed by atoms with van der Waals surface area (Å²) in [5.74, 6) is 0.874. The van der Waals surface area contributed by atoms with Crippen LogP contribution in [0.3, 0.4) is 0 Å². The fourth-order valence-corrected chi connectivity index (χ4v) is 5.89. The summed E-state index contributed by atoms with van der Waals surface area (Å²) >= 11 is 3.34. The van der Waals surface area contributed by atoms with Crippen LogP contribution in [0.5, 0.6) is 5.75 Å². The van der Waals surface area contributed by atoms with Crippen molar-refractivity contribution in [2.45, 2.75) is 6.42 Å². The third-order valence-corrected chi connectivity index (χ3v) is 7.58. The number of imide groups is 1. The van der Waals surface area contributed by atoms with Crippen LogP contribution >= 0.6 is 15.9 Å². The maximum atomic E-state index is 13.2. The highest BCUT2D eigenvalue weighted by Gasteiger charge is 2.67. The first-order chi connectivity index (χ1) is 14.5. The van der Waals surface area contributed by atoms with Crippen molar-refractivity contribution in [1.29, 1.82) is 0 Å². The number of hydrogen-bond donors (Lipinski definition) is 0. The molecule has 0 aromatic heterocycles. The fourth-order valence-electron chi connectivity index (χ4n) is 5.63. The Morgan fingerprint density at radius 3 is 2.00 bits per heavy atom. The molecule has 0 N–H and O–H groups in total. The number of hydrogen-bond acceptors (Lipinski definition) is 4. The Hall–Kier alpha value is -2.73. The van der Waals surface area contributed by atoms with E-state index in [1.165, 1.54) is 4.90 Å². The monoisotopic (exact) mass is 463 g/mol. The minimum atomic E-state index is -0.487. The second-order valence-corrected chi connectivity index (χ2v) is 9.47. The quantitative estimate of drug-likeness (QED) is 0.295. The lowest BCUT2D eigenvalue weighted by Gasteiger charge is -2.37. The number of benzene rings is 2. The lowest BCUT2D eigenvalue weighted by molar-refractivity contribution is -0.124. The van der Waals surface area contributed by atoms with Crippen LogP contribution in [0.4, 0.5) is 5.69 Å². The van der Waals surface area contributed by atoms with Crippen LogP contribution in [0.25, 0.3) is 0 Å². The Kier molecular flexibility index (Phi) is 3.84.